The lowest BCUT2D eigenvalue weighted by Gasteiger charge is -1.95. The third-order valence-corrected chi connectivity index (χ3v) is 1.89. The lowest BCUT2D eigenvalue weighted by Crippen LogP contribution is -1.97. The summed E-state index contributed by atoms with van der Waals surface area (Å²) >= 11 is 0. The molecule has 0 amide bonds. The molecule has 0 unspecified atom stereocenters. The van der Waals surface area contributed by atoms with Crippen LogP contribution in [0.25, 0.3) is 0 Å². The molecule has 1 rings (SSSR count). The third kappa shape index (κ3) is 10.9. The molecule has 0 saturated carbocycles. The van der Waals surface area contributed by atoms with Crippen LogP contribution in [0.3, 0.4) is 0 Å². The largest absolute Gasteiger partial charge is 0.392 e. The van der Waals surface area contributed by atoms with Crippen molar-refractivity contribution in [1.29, 1.82) is 5.41 Å². The lowest BCUT2D eigenvalue weighted by atomic mass is 10.1. The molecule has 16 heavy (non-hydrogen) atoms. The summed E-state index contributed by atoms with van der Waals surface area (Å²) in [6, 6.07) is 9.52. The first-order chi connectivity index (χ1) is 7.57. The number of aliphatic hydroxyl groups is 1. The molecule has 2 heteroatoms. The molecule has 2 N–H and O–H groups in total. The van der Waals surface area contributed by atoms with Crippen molar-refractivity contribution < 1.29 is 5.11 Å². The summed E-state index contributed by atoms with van der Waals surface area (Å²) in [6.07, 6.45) is 0. The highest BCUT2D eigenvalue weighted by molar-refractivity contribution is 5.80. The zero-order valence-electron chi connectivity index (χ0n) is 11.1. The summed E-state index contributed by atoms with van der Waals surface area (Å²) in [4.78, 5) is 0. The van der Waals surface area contributed by atoms with Gasteiger partial charge in [-0.25, -0.2) is 0 Å². The summed E-state index contributed by atoms with van der Waals surface area (Å²) in [7, 11) is 0. The van der Waals surface area contributed by atoms with Gasteiger partial charge in [0.05, 0.1) is 6.61 Å². The molecule has 0 radical (unpaired) electrons. The van der Waals surface area contributed by atoms with Gasteiger partial charge in [-0.1, -0.05) is 58.0 Å². The molecule has 2 nitrogen and oxygen atoms in total. The Labute approximate surface area is 99.8 Å². The lowest BCUT2D eigenvalue weighted by molar-refractivity contribution is 0.282. The van der Waals surface area contributed by atoms with Gasteiger partial charge in [0.1, 0.15) is 0 Å². The van der Waals surface area contributed by atoms with Crippen LogP contribution in [-0.2, 0) is 6.61 Å². The van der Waals surface area contributed by atoms with Gasteiger partial charge in [-0.2, -0.15) is 0 Å². The number of rotatable bonds is 2. The van der Waals surface area contributed by atoms with Crippen LogP contribution in [-0.4, -0.2) is 10.8 Å². The van der Waals surface area contributed by atoms with Gasteiger partial charge in [0.25, 0.3) is 0 Å². The van der Waals surface area contributed by atoms with Crippen LogP contribution in [0.2, 0.25) is 0 Å². The molecule has 1 aromatic rings. The molecule has 0 aliphatic heterocycles. The topological polar surface area (TPSA) is 44.1 Å². The Morgan fingerprint density at radius 3 is 1.75 bits per heavy atom. The van der Waals surface area contributed by atoms with Crippen LogP contribution >= 0.6 is 0 Å². The van der Waals surface area contributed by atoms with Crippen molar-refractivity contribution in [2.75, 3.05) is 0 Å². The highest BCUT2D eigenvalue weighted by atomic mass is 16.3. The Balaban J connectivity index is 0. The highest BCUT2D eigenvalue weighted by Crippen LogP contribution is 1.95. The average Bonchev–Trinajstić information content (AvgIpc) is 2.33. The monoisotopic (exact) mass is 223 g/mol. The van der Waals surface area contributed by atoms with Gasteiger partial charge in [0.15, 0.2) is 0 Å². The normalized spacial score (nSPS) is 8.44. The Morgan fingerprint density at radius 1 is 1.19 bits per heavy atom. The van der Waals surface area contributed by atoms with E-state index in [0.717, 1.165) is 11.3 Å². The first-order valence-electron chi connectivity index (χ1n) is 5.77. The molecule has 0 aliphatic carbocycles. The summed E-state index contributed by atoms with van der Waals surface area (Å²) in [6.45, 7) is 10.00. The maximum Gasteiger partial charge on any atom is 0.0681 e. The smallest absolute Gasteiger partial charge is 0.0681 e. The SMILES string of the molecule is CC.CC(=N)C(C)C.OCc1ccccc1. The molecular formula is C14H25NO. The molecule has 0 aliphatic rings. The second-order valence-corrected chi connectivity index (χ2v) is 3.48. The van der Waals surface area contributed by atoms with Gasteiger partial charge in [0, 0.05) is 5.71 Å². The van der Waals surface area contributed by atoms with Gasteiger partial charge >= 0.3 is 0 Å². The van der Waals surface area contributed by atoms with Crippen LogP contribution < -0.4 is 0 Å². The van der Waals surface area contributed by atoms with Gasteiger partial charge < -0.3 is 10.5 Å². The van der Waals surface area contributed by atoms with Crippen molar-refractivity contribution >= 4 is 5.71 Å². The molecular weight excluding hydrogens is 198 g/mol. The molecule has 0 bridgehead atoms. The number of benzene rings is 1. The van der Waals surface area contributed by atoms with E-state index in [2.05, 4.69) is 0 Å². The highest BCUT2D eigenvalue weighted by Gasteiger charge is 1.90. The first-order valence-corrected chi connectivity index (χ1v) is 5.77. The molecule has 0 fully saturated rings. The summed E-state index contributed by atoms with van der Waals surface area (Å²) in [5, 5.41) is 15.5. The van der Waals surface area contributed by atoms with Crippen molar-refractivity contribution in [1.82, 2.24) is 0 Å². The molecule has 0 heterocycles. The summed E-state index contributed by atoms with van der Waals surface area (Å²) in [5.74, 6) is 0.435. The van der Waals surface area contributed by atoms with E-state index in [-0.39, 0.29) is 6.61 Å². The minimum absolute atomic E-state index is 0.140. The standard InChI is InChI=1S/C7H8O.C5H11N.C2H6/c8-6-7-4-2-1-3-5-7;1-4(2)5(3)6;1-2/h1-5,8H,6H2;4,6H,1-3H3;1-2H3. The average molecular weight is 223 g/mol. The number of aliphatic hydroxyl groups excluding tert-OH is 1. The van der Waals surface area contributed by atoms with Crippen molar-refractivity contribution in [3.05, 3.63) is 35.9 Å². The second-order valence-electron chi connectivity index (χ2n) is 3.48. The van der Waals surface area contributed by atoms with Crippen molar-refractivity contribution in [3.63, 3.8) is 0 Å². The van der Waals surface area contributed by atoms with E-state index in [1.54, 1.807) is 0 Å². The van der Waals surface area contributed by atoms with Crippen molar-refractivity contribution in [2.45, 2.75) is 41.2 Å². The summed E-state index contributed by atoms with van der Waals surface area (Å²) in [5.41, 5.74) is 1.72. The van der Waals surface area contributed by atoms with E-state index < -0.39 is 0 Å². The number of hydrogen-bond donors (Lipinski definition) is 2. The van der Waals surface area contributed by atoms with E-state index >= 15 is 0 Å². The Bertz CT molecular complexity index is 255. The molecule has 92 valence electrons. The fourth-order valence-electron chi connectivity index (χ4n) is 0.583. The third-order valence-electron chi connectivity index (χ3n) is 1.89. The maximum atomic E-state index is 8.54. The molecule has 0 aromatic heterocycles. The fraction of sp³-hybridized carbons (Fsp3) is 0.500. The Kier molecular flexibility index (Phi) is 12.9. The van der Waals surface area contributed by atoms with Crippen LogP contribution in [0.1, 0.15) is 40.2 Å². The molecule has 0 saturated heterocycles. The first kappa shape index (κ1) is 17.3. The van der Waals surface area contributed by atoms with Crippen LogP contribution in [0.5, 0.6) is 0 Å². The zero-order valence-corrected chi connectivity index (χ0v) is 11.1. The van der Waals surface area contributed by atoms with E-state index in [0.29, 0.717) is 5.92 Å². The van der Waals surface area contributed by atoms with Crippen LogP contribution in [0.15, 0.2) is 30.3 Å². The van der Waals surface area contributed by atoms with Gasteiger partial charge in [-0.05, 0) is 18.4 Å². The Morgan fingerprint density at radius 2 is 1.56 bits per heavy atom. The van der Waals surface area contributed by atoms with E-state index in [9.17, 15) is 0 Å². The Hall–Kier alpha value is -1.15. The molecule has 0 spiro atoms. The van der Waals surface area contributed by atoms with Crippen molar-refractivity contribution in [3.8, 4) is 0 Å². The van der Waals surface area contributed by atoms with Gasteiger partial charge in [-0.3, -0.25) is 0 Å². The summed E-state index contributed by atoms with van der Waals surface area (Å²) < 4.78 is 0. The van der Waals surface area contributed by atoms with Gasteiger partial charge in [-0.15, -0.1) is 0 Å². The van der Waals surface area contributed by atoms with Crippen LogP contribution in [0, 0.1) is 11.3 Å². The van der Waals surface area contributed by atoms with E-state index in [4.69, 9.17) is 10.5 Å². The predicted octanol–water partition coefficient (Wildman–Crippen LogP) is 3.89. The molecule has 0 atom stereocenters. The minimum Gasteiger partial charge on any atom is -0.392 e. The fourth-order valence-corrected chi connectivity index (χ4v) is 0.583. The minimum atomic E-state index is 0.140. The van der Waals surface area contributed by atoms with E-state index in [1.165, 1.54) is 0 Å². The molecule has 1 aromatic carbocycles. The van der Waals surface area contributed by atoms with Crippen molar-refractivity contribution in [2.24, 2.45) is 5.92 Å². The quantitative estimate of drug-likeness (QED) is 0.734. The maximum absolute atomic E-state index is 8.54. The second kappa shape index (κ2) is 11.9. The zero-order chi connectivity index (χ0) is 13.0. The van der Waals surface area contributed by atoms with Crippen LogP contribution in [0.4, 0.5) is 0 Å². The number of hydrogen-bond acceptors (Lipinski definition) is 2. The van der Waals surface area contributed by atoms with Gasteiger partial charge in [0.2, 0.25) is 0 Å². The predicted molar refractivity (Wildman–Crippen MR) is 72.0 cm³/mol. The van der Waals surface area contributed by atoms with E-state index in [1.807, 2.05) is 65.0 Å². The number of nitrogens with one attached hydrogen (secondary N) is 1.